The van der Waals surface area contributed by atoms with Gasteiger partial charge in [-0.05, 0) is 122 Å². The predicted molar refractivity (Wildman–Crippen MR) is 316 cm³/mol. The highest BCUT2D eigenvalue weighted by Gasteiger charge is 2.17. The van der Waals surface area contributed by atoms with Gasteiger partial charge in [0.2, 0.25) is 0 Å². The van der Waals surface area contributed by atoms with Gasteiger partial charge in [-0.2, -0.15) is 0 Å². The van der Waals surface area contributed by atoms with Gasteiger partial charge in [0.1, 0.15) is 6.61 Å². The largest absolute Gasteiger partial charge is 0.462 e. The zero-order valence-corrected chi connectivity index (χ0v) is 47.9. The summed E-state index contributed by atoms with van der Waals surface area (Å²) in [5, 5.41) is 0. The average molecular weight is 1000 g/mol. The molecule has 0 saturated heterocycles. The molecule has 0 aliphatic heterocycles. The number of unbranched alkanes of at least 4 members (excludes halogenated alkanes) is 32. The van der Waals surface area contributed by atoms with Crippen molar-refractivity contribution in [2.45, 2.75) is 309 Å². The normalized spacial score (nSPS) is 12.8. The van der Waals surface area contributed by atoms with Crippen molar-refractivity contribution in [1.29, 1.82) is 0 Å². The highest BCUT2D eigenvalue weighted by Crippen LogP contribution is 2.15. The van der Waals surface area contributed by atoms with Crippen molar-refractivity contribution >= 4 is 11.9 Å². The van der Waals surface area contributed by atoms with Crippen LogP contribution in [0.15, 0.2) is 85.1 Å². The van der Waals surface area contributed by atoms with Crippen LogP contribution in [0.5, 0.6) is 0 Å². The molecule has 0 rings (SSSR count). The second kappa shape index (κ2) is 62.4. The van der Waals surface area contributed by atoms with Gasteiger partial charge in [-0.3, -0.25) is 9.59 Å². The third kappa shape index (κ3) is 59.6. The van der Waals surface area contributed by atoms with Crippen molar-refractivity contribution in [3.05, 3.63) is 85.1 Å². The number of ether oxygens (including phenoxy) is 3. The van der Waals surface area contributed by atoms with Crippen LogP contribution in [0.2, 0.25) is 0 Å². The summed E-state index contributed by atoms with van der Waals surface area (Å²) in [5.41, 5.74) is 0. The summed E-state index contributed by atoms with van der Waals surface area (Å²) in [7, 11) is 0. The molecular weight excluding hydrogens is 885 g/mol. The molecule has 0 amide bonds. The summed E-state index contributed by atoms with van der Waals surface area (Å²) in [6.45, 7) is 7.77. The second-order valence-corrected chi connectivity index (χ2v) is 20.6. The molecule has 0 heterocycles. The Morgan fingerprint density at radius 1 is 0.306 bits per heavy atom. The van der Waals surface area contributed by atoms with Crippen LogP contribution in [0.25, 0.3) is 0 Å². The number of allylic oxidation sites excluding steroid dienone is 14. The van der Waals surface area contributed by atoms with E-state index in [1.165, 1.54) is 180 Å². The van der Waals surface area contributed by atoms with E-state index in [9.17, 15) is 9.59 Å². The SMILES string of the molecule is CCCCC/C=C\C/C=C\C/C=C\CCCCCCCCC(=O)OCC(COCCCCCCCCCC/C=C\CCCCCCCC)OC(=O)CCCCCCCC/C=C\C/C=C\C/C=C\CCCCC. The van der Waals surface area contributed by atoms with Gasteiger partial charge in [0.25, 0.3) is 0 Å². The maximum atomic E-state index is 12.9. The zero-order valence-electron chi connectivity index (χ0n) is 47.9. The Morgan fingerprint density at radius 3 is 0.972 bits per heavy atom. The molecular formula is C67H118O5. The molecule has 0 aromatic rings. The maximum absolute atomic E-state index is 12.9. The van der Waals surface area contributed by atoms with Crippen LogP contribution in [0.3, 0.4) is 0 Å². The first-order valence-electron chi connectivity index (χ1n) is 31.1. The van der Waals surface area contributed by atoms with Crippen molar-refractivity contribution < 1.29 is 23.8 Å². The Kier molecular flexibility index (Phi) is 59.8. The molecule has 1 atom stereocenters. The van der Waals surface area contributed by atoms with E-state index in [2.05, 4.69) is 106 Å². The number of hydrogen-bond acceptors (Lipinski definition) is 5. The van der Waals surface area contributed by atoms with Gasteiger partial charge in [-0.15, -0.1) is 0 Å². The van der Waals surface area contributed by atoms with E-state index in [1.807, 2.05) is 0 Å². The van der Waals surface area contributed by atoms with E-state index < -0.39 is 6.10 Å². The number of hydrogen-bond donors (Lipinski definition) is 0. The van der Waals surface area contributed by atoms with E-state index in [-0.39, 0.29) is 25.2 Å². The van der Waals surface area contributed by atoms with Gasteiger partial charge in [0.15, 0.2) is 6.10 Å². The number of rotatable bonds is 57. The van der Waals surface area contributed by atoms with Gasteiger partial charge in [0, 0.05) is 19.4 Å². The number of carbonyl (C=O) groups excluding carboxylic acids is 2. The Bertz CT molecular complexity index is 1320. The van der Waals surface area contributed by atoms with Crippen molar-refractivity contribution in [2.75, 3.05) is 19.8 Å². The van der Waals surface area contributed by atoms with Gasteiger partial charge < -0.3 is 14.2 Å². The molecule has 5 heteroatoms. The van der Waals surface area contributed by atoms with Gasteiger partial charge >= 0.3 is 11.9 Å². The zero-order chi connectivity index (χ0) is 52.0. The minimum atomic E-state index is -0.556. The molecule has 0 aromatic carbocycles. The average Bonchev–Trinajstić information content (AvgIpc) is 3.38. The number of esters is 2. The fraction of sp³-hybridized carbons (Fsp3) is 0.761. The first-order chi connectivity index (χ1) is 35.6. The topological polar surface area (TPSA) is 61.8 Å². The lowest BCUT2D eigenvalue weighted by Crippen LogP contribution is -2.30. The van der Waals surface area contributed by atoms with Crippen LogP contribution in [0.1, 0.15) is 303 Å². The first-order valence-corrected chi connectivity index (χ1v) is 31.1. The van der Waals surface area contributed by atoms with Crippen LogP contribution in [-0.4, -0.2) is 37.9 Å². The van der Waals surface area contributed by atoms with Gasteiger partial charge in [0.05, 0.1) is 6.61 Å². The van der Waals surface area contributed by atoms with Crippen molar-refractivity contribution in [3.8, 4) is 0 Å². The minimum absolute atomic E-state index is 0.0697. The molecule has 72 heavy (non-hydrogen) atoms. The lowest BCUT2D eigenvalue weighted by atomic mass is 10.1. The fourth-order valence-electron chi connectivity index (χ4n) is 8.70. The second-order valence-electron chi connectivity index (χ2n) is 20.6. The molecule has 0 aromatic heterocycles. The summed E-state index contributed by atoms with van der Waals surface area (Å²) in [5.74, 6) is -0.420. The quantitative estimate of drug-likeness (QED) is 0.0345. The highest BCUT2D eigenvalue weighted by molar-refractivity contribution is 5.70. The first kappa shape index (κ1) is 69.1. The van der Waals surface area contributed by atoms with E-state index in [1.54, 1.807) is 0 Å². The smallest absolute Gasteiger partial charge is 0.306 e. The van der Waals surface area contributed by atoms with E-state index >= 15 is 0 Å². The maximum Gasteiger partial charge on any atom is 0.306 e. The summed E-state index contributed by atoms with van der Waals surface area (Å²) in [6.07, 6.45) is 83.2. The molecule has 0 fully saturated rings. The van der Waals surface area contributed by atoms with Crippen LogP contribution in [-0.2, 0) is 23.8 Å². The Labute approximate surface area is 448 Å². The highest BCUT2D eigenvalue weighted by atomic mass is 16.6. The summed E-state index contributed by atoms with van der Waals surface area (Å²) in [4.78, 5) is 25.6. The summed E-state index contributed by atoms with van der Waals surface area (Å²) in [6, 6.07) is 0. The molecule has 0 aliphatic rings. The molecule has 1 unspecified atom stereocenters. The van der Waals surface area contributed by atoms with Crippen molar-refractivity contribution in [3.63, 3.8) is 0 Å². The molecule has 0 spiro atoms. The van der Waals surface area contributed by atoms with Crippen LogP contribution in [0.4, 0.5) is 0 Å². The van der Waals surface area contributed by atoms with Gasteiger partial charge in [-0.25, -0.2) is 0 Å². The van der Waals surface area contributed by atoms with E-state index in [0.29, 0.717) is 19.4 Å². The van der Waals surface area contributed by atoms with Gasteiger partial charge in [-0.1, -0.05) is 254 Å². The lowest BCUT2D eigenvalue weighted by molar-refractivity contribution is -0.163. The Morgan fingerprint density at radius 2 is 0.583 bits per heavy atom. The fourth-order valence-corrected chi connectivity index (χ4v) is 8.70. The Balaban J connectivity index is 4.34. The molecule has 0 saturated carbocycles. The number of carbonyl (C=O) groups is 2. The third-order valence-corrected chi connectivity index (χ3v) is 13.4. The third-order valence-electron chi connectivity index (χ3n) is 13.4. The van der Waals surface area contributed by atoms with Crippen molar-refractivity contribution in [2.24, 2.45) is 0 Å². The van der Waals surface area contributed by atoms with Crippen LogP contribution in [0, 0.1) is 0 Å². The lowest BCUT2D eigenvalue weighted by Gasteiger charge is -2.18. The minimum Gasteiger partial charge on any atom is -0.462 e. The summed E-state index contributed by atoms with van der Waals surface area (Å²) < 4.78 is 17.5. The predicted octanol–water partition coefficient (Wildman–Crippen LogP) is 21.6. The van der Waals surface area contributed by atoms with Crippen LogP contribution < -0.4 is 0 Å². The van der Waals surface area contributed by atoms with E-state index in [4.69, 9.17) is 14.2 Å². The van der Waals surface area contributed by atoms with Crippen molar-refractivity contribution in [1.82, 2.24) is 0 Å². The molecule has 416 valence electrons. The molecule has 0 radical (unpaired) electrons. The molecule has 0 aliphatic carbocycles. The standard InChI is InChI=1S/C67H118O5/c1-4-7-10-13-16-19-22-25-28-31-34-36-39-42-45-48-51-54-57-60-66(68)71-64-65(63-70-62-59-56-53-50-47-44-41-38-33-30-27-24-21-18-15-12-9-6-3)72-67(69)61-58-55-52-49-46-43-40-37-35-32-29-26-23-20-17-14-11-8-5-2/h16-17,19-20,25-30,34-37,65H,4-15,18,21-24,31-33,38-64H2,1-3H3/b19-16-,20-17-,28-25-,29-26-,30-27-,36-34-,37-35-. The van der Waals surface area contributed by atoms with E-state index in [0.717, 1.165) is 89.9 Å². The van der Waals surface area contributed by atoms with Crippen LogP contribution >= 0.6 is 0 Å². The monoisotopic (exact) mass is 1000 g/mol. The molecule has 5 nitrogen and oxygen atoms in total. The molecule has 0 bridgehead atoms. The Hall–Kier alpha value is -2.92. The summed E-state index contributed by atoms with van der Waals surface area (Å²) >= 11 is 0. The molecule has 0 N–H and O–H groups in total.